The van der Waals surface area contributed by atoms with E-state index in [0.717, 1.165) is 5.56 Å². The van der Waals surface area contributed by atoms with Crippen LogP contribution in [0.25, 0.3) is 0 Å². The summed E-state index contributed by atoms with van der Waals surface area (Å²) in [6.07, 6.45) is 0.322. The molecule has 0 aliphatic heterocycles. The minimum absolute atomic E-state index is 0.107. The van der Waals surface area contributed by atoms with Gasteiger partial charge in [0.2, 0.25) is 5.91 Å². The van der Waals surface area contributed by atoms with E-state index in [0.29, 0.717) is 33.5 Å². The van der Waals surface area contributed by atoms with E-state index in [9.17, 15) is 9.59 Å². The van der Waals surface area contributed by atoms with Gasteiger partial charge in [-0.2, -0.15) is 0 Å². The quantitative estimate of drug-likeness (QED) is 0.344. The Kier molecular flexibility index (Phi) is 9.84. The average molecular weight is 543 g/mol. The number of carbonyl (C=O) groups excluding carboxylic acids is 2. The molecule has 1 unspecified atom stereocenters. The largest absolute Gasteiger partial charge is 0.497 e. The summed E-state index contributed by atoms with van der Waals surface area (Å²) in [6.45, 7) is 5.56. The Hall–Kier alpha value is -3.22. The van der Waals surface area contributed by atoms with E-state index in [1.165, 1.54) is 4.90 Å². The number of nitrogens with zero attached hydrogens (tertiary/aromatic N) is 1. The first kappa shape index (κ1) is 28.4. The summed E-state index contributed by atoms with van der Waals surface area (Å²) < 4.78 is 11.0. The third-order valence-corrected chi connectivity index (χ3v) is 6.13. The van der Waals surface area contributed by atoms with E-state index in [2.05, 4.69) is 5.32 Å². The van der Waals surface area contributed by atoms with Gasteiger partial charge in [-0.1, -0.05) is 59.6 Å². The van der Waals surface area contributed by atoms with E-state index in [-0.39, 0.29) is 25.0 Å². The lowest BCUT2D eigenvalue weighted by molar-refractivity contribution is -0.143. The molecule has 0 bridgehead atoms. The molecule has 3 rings (SSSR count). The van der Waals surface area contributed by atoms with Gasteiger partial charge < -0.3 is 19.7 Å². The van der Waals surface area contributed by atoms with Gasteiger partial charge in [0.1, 0.15) is 17.5 Å². The van der Waals surface area contributed by atoms with Gasteiger partial charge in [0.25, 0.3) is 5.91 Å². The molecular weight excluding hydrogens is 511 g/mol. The number of halogens is 2. The smallest absolute Gasteiger partial charge is 0.261 e. The zero-order valence-corrected chi connectivity index (χ0v) is 23.0. The summed E-state index contributed by atoms with van der Waals surface area (Å²) >= 11 is 12.6. The zero-order valence-electron chi connectivity index (χ0n) is 21.5. The molecule has 196 valence electrons. The highest BCUT2D eigenvalue weighted by Gasteiger charge is 2.32. The van der Waals surface area contributed by atoms with Crippen LogP contribution in [0.5, 0.6) is 11.5 Å². The average Bonchev–Trinajstić information content (AvgIpc) is 2.85. The first-order valence-corrected chi connectivity index (χ1v) is 12.7. The molecule has 0 saturated heterocycles. The van der Waals surface area contributed by atoms with Crippen LogP contribution in [-0.4, -0.2) is 42.0 Å². The maximum atomic E-state index is 13.7. The molecule has 0 saturated carbocycles. The van der Waals surface area contributed by atoms with Crippen molar-refractivity contribution in [1.29, 1.82) is 0 Å². The van der Waals surface area contributed by atoms with Crippen molar-refractivity contribution in [3.63, 3.8) is 0 Å². The molecule has 1 atom stereocenters. The number of hydrogen-bond acceptors (Lipinski definition) is 4. The summed E-state index contributed by atoms with van der Waals surface area (Å²) in [4.78, 5) is 28.7. The highest BCUT2D eigenvalue weighted by atomic mass is 35.5. The molecule has 0 aliphatic rings. The molecule has 1 N–H and O–H groups in total. The van der Waals surface area contributed by atoms with Crippen molar-refractivity contribution in [1.82, 2.24) is 10.2 Å². The van der Waals surface area contributed by atoms with E-state index in [1.54, 1.807) is 49.6 Å². The SMILES string of the molecule is COc1ccc(OCC(=O)N(Cc2ccc(Cl)cc2Cl)C(Cc2ccccc2)C(=O)NC(C)(C)C)cc1. The van der Waals surface area contributed by atoms with Crippen LogP contribution in [0.1, 0.15) is 31.9 Å². The fourth-order valence-corrected chi connectivity index (χ4v) is 4.21. The van der Waals surface area contributed by atoms with Crippen LogP contribution < -0.4 is 14.8 Å². The fraction of sp³-hybridized carbons (Fsp3) is 0.310. The van der Waals surface area contributed by atoms with Crippen molar-refractivity contribution in [3.8, 4) is 11.5 Å². The van der Waals surface area contributed by atoms with Crippen molar-refractivity contribution >= 4 is 35.0 Å². The van der Waals surface area contributed by atoms with Crippen molar-refractivity contribution in [2.45, 2.75) is 45.3 Å². The van der Waals surface area contributed by atoms with Crippen LogP contribution in [0.2, 0.25) is 10.0 Å². The van der Waals surface area contributed by atoms with E-state index >= 15 is 0 Å². The highest BCUT2D eigenvalue weighted by molar-refractivity contribution is 6.35. The summed E-state index contributed by atoms with van der Waals surface area (Å²) in [5.74, 6) is 0.572. The molecule has 0 fully saturated rings. The summed E-state index contributed by atoms with van der Waals surface area (Å²) in [5, 5.41) is 3.93. The topological polar surface area (TPSA) is 67.9 Å². The standard InChI is InChI=1S/C29H32Cl2N2O4/c1-29(2,3)32-28(35)26(16-20-8-6-5-7-9-20)33(18-21-10-11-22(30)17-25(21)31)27(34)19-37-24-14-12-23(36-4)13-15-24/h5-15,17,26H,16,18-19H2,1-4H3,(H,32,35). The van der Waals surface area contributed by atoms with Gasteiger partial charge in [0, 0.05) is 28.5 Å². The van der Waals surface area contributed by atoms with Gasteiger partial charge in [-0.05, 0) is 68.3 Å². The van der Waals surface area contributed by atoms with Crippen LogP contribution in [-0.2, 0) is 22.6 Å². The van der Waals surface area contributed by atoms with Crippen molar-refractivity contribution < 1.29 is 19.1 Å². The number of hydrogen-bond donors (Lipinski definition) is 1. The van der Waals surface area contributed by atoms with Gasteiger partial charge in [0.15, 0.2) is 6.61 Å². The van der Waals surface area contributed by atoms with Gasteiger partial charge in [-0.3, -0.25) is 9.59 Å². The predicted octanol–water partition coefficient (Wildman–Crippen LogP) is 5.94. The highest BCUT2D eigenvalue weighted by Crippen LogP contribution is 2.25. The van der Waals surface area contributed by atoms with Crippen LogP contribution >= 0.6 is 23.2 Å². The second kappa shape index (κ2) is 12.8. The number of methoxy groups -OCH3 is 1. The number of amides is 2. The second-order valence-electron chi connectivity index (χ2n) is 9.67. The monoisotopic (exact) mass is 542 g/mol. The van der Waals surface area contributed by atoms with Crippen LogP contribution in [0.4, 0.5) is 0 Å². The zero-order chi connectivity index (χ0) is 27.0. The lowest BCUT2D eigenvalue weighted by Gasteiger charge is -2.34. The van der Waals surface area contributed by atoms with Gasteiger partial charge in [-0.15, -0.1) is 0 Å². The van der Waals surface area contributed by atoms with Crippen molar-refractivity contribution in [2.24, 2.45) is 0 Å². The Morgan fingerprint density at radius 1 is 0.946 bits per heavy atom. The third kappa shape index (κ3) is 8.69. The van der Waals surface area contributed by atoms with Crippen LogP contribution in [0, 0.1) is 0 Å². The number of benzene rings is 3. The minimum atomic E-state index is -0.805. The Morgan fingerprint density at radius 2 is 1.59 bits per heavy atom. The Morgan fingerprint density at radius 3 is 2.19 bits per heavy atom. The maximum Gasteiger partial charge on any atom is 0.261 e. The second-order valence-corrected chi connectivity index (χ2v) is 10.5. The number of ether oxygens (including phenoxy) is 2. The van der Waals surface area contributed by atoms with E-state index in [4.69, 9.17) is 32.7 Å². The van der Waals surface area contributed by atoms with Gasteiger partial charge in [0.05, 0.1) is 7.11 Å². The molecule has 0 spiro atoms. The number of rotatable bonds is 10. The molecular formula is C29H32Cl2N2O4. The lowest BCUT2D eigenvalue weighted by Crippen LogP contribution is -2.55. The summed E-state index contributed by atoms with van der Waals surface area (Å²) in [5.41, 5.74) is 1.11. The lowest BCUT2D eigenvalue weighted by atomic mass is 10.0. The first-order chi connectivity index (χ1) is 17.6. The molecule has 3 aromatic rings. The molecule has 37 heavy (non-hydrogen) atoms. The molecule has 0 heterocycles. The summed E-state index contributed by atoms with van der Waals surface area (Å²) in [7, 11) is 1.58. The molecule has 3 aromatic carbocycles. The predicted molar refractivity (Wildman–Crippen MR) is 147 cm³/mol. The van der Waals surface area contributed by atoms with Gasteiger partial charge in [-0.25, -0.2) is 0 Å². The fourth-order valence-electron chi connectivity index (χ4n) is 3.74. The van der Waals surface area contributed by atoms with Crippen molar-refractivity contribution in [3.05, 3.63) is 94.0 Å². The van der Waals surface area contributed by atoms with Crippen molar-refractivity contribution in [2.75, 3.05) is 13.7 Å². The molecule has 0 aromatic heterocycles. The Balaban J connectivity index is 1.94. The normalized spacial score (nSPS) is 11.9. The van der Waals surface area contributed by atoms with Crippen LogP contribution in [0.15, 0.2) is 72.8 Å². The Labute approximate surface area is 228 Å². The van der Waals surface area contributed by atoms with E-state index < -0.39 is 11.6 Å². The van der Waals surface area contributed by atoms with Gasteiger partial charge >= 0.3 is 0 Å². The first-order valence-electron chi connectivity index (χ1n) is 11.9. The third-order valence-electron chi connectivity index (χ3n) is 5.55. The number of carbonyl (C=O) groups is 2. The molecule has 6 nitrogen and oxygen atoms in total. The maximum absolute atomic E-state index is 13.7. The molecule has 8 heteroatoms. The molecule has 2 amide bonds. The van der Waals surface area contributed by atoms with E-state index in [1.807, 2.05) is 51.1 Å². The number of nitrogens with one attached hydrogen (secondary N) is 1. The molecule has 0 aliphatic carbocycles. The minimum Gasteiger partial charge on any atom is -0.497 e. The molecule has 0 radical (unpaired) electrons. The summed E-state index contributed by atoms with van der Waals surface area (Å²) in [6, 6.07) is 20.8. The Bertz CT molecular complexity index is 1190. The van der Waals surface area contributed by atoms with Crippen LogP contribution in [0.3, 0.4) is 0 Å².